The van der Waals surface area contributed by atoms with Crippen LogP contribution < -0.4 is 10.6 Å². The number of rotatable bonds is 7. The van der Waals surface area contributed by atoms with E-state index in [0.717, 1.165) is 25.0 Å². The molecule has 2 rings (SSSR count). The number of hydrogen-bond acceptors (Lipinski definition) is 5. The van der Waals surface area contributed by atoms with Crippen molar-refractivity contribution in [1.82, 2.24) is 15.6 Å². The number of aliphatic imine (C=N–C) groups is 1. The first-order valence-corrected chi connectivity index (χ1v) is 12.5. The number of aromatic nitrogens is 1. The highest BCUT2D eigenvalue weighted by Gasteiger charge is 2.28. The van der Waals surface area contributed by atoms with Gasteiger partial charge in [-0.15, -0.1) is 6.58 Å². The van der Waals surface area contributed by atoms with Crippen molar-refractivity contribution < 1.29 is 14.3 Å². The molecule has 1 aromatic heterocycles. The first-order valence-electron chi connectivity index (χ1n) is 12.5. The summed E-state index contributed by atoms with van der Waals surface area (Å²) < 4.78 is 4.91. The van der Waals surface area contributed by atoms with Gasteiger partial charge in [0.2, 0.25) is 5.91 Å². The summed E-state index contributed by atoms with van der Waals surface area (Å²) in [6.45, 7) is 17.4. The quantitative estimate of drug-likeness (QED) is 0.265. The van der Waals surface area contributed by atoms with Gasteiger partial charge in [-0.2, -0.15) is 0 Å². The van der Waals surface area contributed by atoms with Crippen LogP contribution in [0, 0.1) is 5.92 Å². The topological polar surface area (TPSA) is 92.7 Å². The van der Waals surface area contributed by atoms with Crippen molar-refractivity contribution in [2.45, 2.75) is 73.8 Å². The van der Waals surface area contributed by atoms with Gasteiger partial charge in [-0.05, 0) is 64.8 Å². The van der Waals surface area contributed by atoms with Crippen molar-refractivity contribution in [3.05, 3.63) is 66.2 Å². The van der Waals surface area contributed by atoms with E-state index in [9.17, 15) is 9.59 Å². The van der Waals surface area contributed by atoms with Crippen molar-refractivity contribution in [3.8, 4) is 0 Å². The largest absolute Gasteiger partial charge is 0.501 e. The van der Waals surface area contributed by atoms with E-state index >= 15 is 0 Å². The number of carbonyl (C=O) groups is 2. The smallest absolute Gasteiger partial charge is 0.251 e. The molecule has 0 bridgehead atoms. The molecule has 0 aromatic carbocycles. The summed E-state index contributed by atoms with van der Waals surface area (Å²) in [5.74, 6) is 1.53. The Morgan fingerprint density at radius 2 is 1.78 bits per heavy atom. The number of pyridine rings is 1. The van der Waals surface area contributed by atoms with Gasteiger partial charge in [0.15, 0.2) is 0 Å². The second kappa shape index (κ2) is 26.4. The lowest BCUT2D eigenvalue weighted by molar-refractivity contribution is -0.121. The summed E-state index contributed by atoms with van der Waals surface area (Å²) in [5, 5.41) is 5.43. The number of nitrogens with one attached hydrogen (secondary N) is 2. The van der Waals surface area contributed by atoms with Crippen molar-refractivity contribution in [3.63, 3.8) is 0 Å². The fourth-order valence-electron chi connectivity index (χ4n) is 2.16. The van der Waals surface area contributed by atoms with Crippen LogP contribution in [0.2, 0.25) is 0 Å². The zero-order chi connectivity index (χ0) is 28.4. The molecule has 2 amide bonds. The third kappa shape index (κ3) is 25.4. The van der Waals surface area contributed by atoms with E-state index in [-0.39, 0.29) is 17.9 Å². The molecule has 0 spiro atoms. The first kappa shape index (κ1) is 37.3. The number of allylic oxidation sites excluding steroid dienone is 4. The SMILES string of the molecule is C/C=C(\CC)OC.C=C(C)C.CC.CN=C/C=C\C(C)NC(=O)c1ccncc1.CNC(=O)C1CC1. The van der Waals surface area contributed by atoms with E-state index in [0.29, 0.717) is 11.5 Å². The monoisotopic (exact) mass is 502 g/mol. The van der Waals surface area contributed by atoms with Crippen molar-refractivity contribution in [2.75, 3.05) is 21.2 Å². The van der Waals surface area contributed by atoms with Crippen LogP contribution in [0.3, 0.4) is 0 Å². The minimum Gasteiger partial charge on any atom is -0.501 e. The average molecular weight is 503 g/mol. The molecule has 1 aliphatic carbocycles. The van der Waals surface area contributed by atoms with Crippen LogP contribution in [0.4, 0.5) is 0 Å². The van der Waals surface area contributed by atoms with Crippen LogP contribution in [0.1, 0.15) is 78.1 Å². The second-order valence-corrected chi connectivity index (χ2v) is 7.70. The Balaban J connectivity index is -0.000000453. The molecule has 1 aromatic rings. The molecule has 204 valence electrons. The highest BCUT2D eigenvalue weighted by Crippen LogP contribution is 2.28. The van der Waals surface area contributed by atoms with E-state index < -0.39 is 0 Å². The molecule has 2 N–H and O–H groups in total. The van der Waals surface area contributed by atoms with Crippen LogP contribution in [0.25, 0.3) is 0 Å². The van der Waals surface area contributed by atoms with Crippen LogP contribution in [0.15, 0.2) is 65.7 Å². The summed E-state index contributed by atoms with van der Waals surface area (Å²) in [6.07, 6.45) is 13.7. The summed E-state index contributed by atoms with van der Waals surface area (Å²) in [6, 6.07) is 3.33. The minimum absolute atomic E-state index is 0.0290. The maximum Gasteiger partial charge on any atom is 0.251 e. The lowest BCUT2D eigenvalue weighted by atomic mass is 10.2. The highest BCUT2D eigenvalue weighted by atomic mass is 16.5. The molecule has 1 fully saturated rings. The molecular formula is C29H50N4O3. The molecule has 1 aliphatic rings. The van der Waals surface area contributed by atoms with Gasteiger partial charge >= 0.3 is 0 Å². The molecule has 0 saturated heterocycles. The molecule has 7 nitrogen and oxygen atoms in total. The van der Waals surface area contributed by atoms with Crippen LogP contribution in [-0.2, 0) is 9.53 Å². The number of methoxy groups -OCH3 is 1. The molecular weight excluding hydrogens is 452 g/mol. The molecule has 1 heterocycles. The average Bonchev–Trinajstić information content (AvgIpc) is 3.73. The van der Waals surface area contributed by atoms with E-state index in [1.54, 1.807) is 58.0 Å². The van der Waals surface area contributed by atoms with Crippen molar-refractivity contribution in [1.29, 1.82) is 0 Å². The molecule has 1 saturated carbocycles. The maximum absolute atomic E-state index is 11.7. The molecule has 36 heavy (non-hydrogen) atoms. The standard InChI is InChI=1S/C12H15N3O.C6H12O.C5H9NO.C4H8.C2H6/c1-10(4-3-7-13-2)15-12(16)11-5-8-14-9-6-11;1-4-6(5-2)7-3;1-6-5(7)4-2-3-4;1-4(2)3;1-2/h3-10H,1-2H3,(H,15,16);4H,5H2,1-3H3;4H,2-3H2,1H3,(H,6,7);1H2,2-3H3;1-2H3/b4-3-,13-7?;6-4+;;;. The molecule has 1 unspecified atom stereocenters. The lowest BCUT2D eigenvalue weighted by Gasteiger charge is -2.08. The van der Waals surface area contributed by atoms with Gasteiger partial charge in [0, 0.05) is 56.6 Å². The Labute approximate surface area is 220 Å². The Morgan fingerprint density at radius 1 is 1.25 bits per heavy atom. The van der Waals surface area contributed by atoms with E-state index in [4.69, 9.17) is 4.74 Å². The fraction of sp³-hybridized carbons (Fsp3) is 0.517. The maximum atomic E-state index is 11.7. The molecule has 1 atom stereocenters. The van der Waals surface area contributed by atoms with E-state index in [2.05, 4.69) is 34.1 Å². The van der Waals surface area contributed by atoms with Gasteiger partial charge in [0.25, 0.3) is 5.91 Å². The zero-order valence-corrected chi connectivity index (χ0v) is 24.2. The number of carbonyl (C=O) groups excluding carboxylic acids is 2. The molecule has 0 aliphatic heterocycles. The van der Waals surface area contributed by atoms with Gasteiger partial charge in [-0.25, -0.2) is 0 Å². The summed E-state index contributed by atoms with van der Waals surface area (Å²) in [4.78, 5) is 29.8. The van der Waals surface area contributed by atoms with Crippen molar-refractivity contribution >= 4 is 18.0 Å². The molecule has 0 radical (unpaired) electrons. The van der Waals surface area contributed by atoms with Gasteiger partial charge in [0.05, 0.1) is 12.9 Å². The number of amides is 2. The summed E-state index contributed by atoms with van der Waals surface area (Å²) >= 11 is 0. The predicted molar refractivity (Wildman–Crippen MR) is 154 cm³/mol. The molecule has 7 heteroatoms. The van der Waals surface area contributed by atoms with Crippen LogP contribution in [-0.4, -0.2) is 50.3 Å². The Morgan fingerprint density at radius 3 is 2.08 bits per heavy atom. The van der Waals surface area contributed by atoms with Crippen LogP contribution >= 0.6 is 0 Å². The van der Waals surface area contributed by atoms with Crippen LogP contribution in [0.5, 0.6) is 0 Å². The van der Waals surface area contributed by atoms with E-state index in [1.165, 1.54) is 5.57 Å². The van der Waals surface area contributed by atoms with E-state index in [1.807, 2.05) is 53.7 Å². The Hall–Kier alpha value is -3.22. The van der Waals surface area contributed by atoms with Gasteiger partial charge in [-0.3, -0.25) is 19.6 Å². The van der Waals surface area contributed by atoms with Gasteiger partial charge < -0.3 is 15.4 Å². The normalized spacial score (nSPS) is 12.7. The fourth-order valence-corrected chi connectivity index (χ4v) is 2.16. The Bertz CT molecular complexity index is 773. The number of hydrogen-bond donors (Lipinski definition) is 2. The van der Waals surface area contributed by atoms with Gasteiger partial charge in [0.1, 0.15) is 0 Å². The predicted octanol–water partition coefficient (Wildman–Crippen LogP) is 6.15. The third-order valence-electron chi connectivity index (χ3n) is 4.06. The Kier molecular flexibility index (Phi) is 27.4. The lowest BCUT2D eigenvalue weighted by Crippen LogP contribution is -2.31. The number of nitrogens with zero attached hydrogens (tertiary/aromatic N) is 2. The summed E-state index contributed by atoms with van der Waals surface area (Å²) in [5.41, 5.74) is 1.78. The highest BCUT2D eigenvalue weighted by molar-refractivity contribution is 5.94. The second-order valence-electron chi connectivity index (χ2n) is 7.70. The summed E-state index contributed by atoms with van der Waals surface area (Å²) in [7, 11) is 5.07. The third-order valence-corrected chi connectivity index (χ3v) is 4.06. The minimum atomic E-state index is -0.104. The zero-order valence-electron chi connectivity index (χ0n) is 24.2. The number of ether oxygens (including phenoxy) is 1. The van der Waals surface area contributed by atoms with Crippen molar-refractivity contribution in [2.24, 2.45) is 10.9 Å². The van der Waals surface area contributed by atoms with Gasteiger partial charge in [-0.1, -0.05) is 32.4 Å². The first-order chi connectivity index (χ1) is 17.2.